The maximum atomic E-state index is 2.43. The summed E-state index contributed by atoms with van der Waals surface area (Å²) in [7, 11) is 2.43. The van der Waals surface area contributed by atoms with Crippen molar-refractivity contribution in [3.05, 3.63) is 0 Å². The Balaban J connectivity index is 1.79. The van der Waals surface area contributed by atoms with Crippen LogP contribution in [0, 0.1) is 11.8 Å². The number of rotatable bonds is 1. The molecule has 74 valence electrons. The molecule has 13 heavy (non-hydrogen) atoms. The van der Waals surface area contributed by atoms with Gasteiger partial charge in [-0.05, 0) is 11.8 Å². The van der Waals surface area contributed by atoms with Crippen molar-refractivity contribution in [1.29, 1.82) is 0 Å². The highest BCUT2D eigenvalue weighted by atomic mass is 14.3. The molecule has 0 aromatic rings. The molecule has 0 spiro atoms. The largest absolute Gasteiger partial charge is 0.105 e. The van der Waals surface area contributed by atoms with Crippen molar-refractivity contribution in [3.8, 4) is 0 Å². The second-order valence-corrected chi connectivity index (χ2v) is 5.42. The molecule has 2 saturated carbocycles. The van der Waals surface area contributed by atoms with Gasteiger partial charge in [-0.25, -0.2) is 0 Å². The van der Waals surface area contributed by atoms with Crippen LogP contribution in [0.4, 0.5) is 0 Å². The third-order valence-corrected chi connectivity index (χ3v) is 4.38. The molecule has 0 unspecified atom stereocenters. The van der Waals surface area contributed by atoms with Crippen molar-refractivity contribution in [2.75, 3.05) is 0 Å². The zero-order chi connectivity index (χ0) is 9.10. The molecule has 0 radical (unpaired) electrons. The van der Waals surface area contributed by atoms with Crippen molar-refractivity contribution in [1.82, 2.24) is 0 Å². The lowest BCUT2D eigenvalue weighted by atomic mass is 9.66. The lowest BCUT2D eigenvalue weighted by molar-refractivity contribution is 0.196. The molecule has 0 atom stereocenters. The van der Waals surface area contributed by atoms with Gasteiger partial charge in [0.1, 0.15) is 7.85 Å². The molecular formula is C12H23B. The van der Waals surface area contributed by atoms with Crippen molar-refractivity contribution < 1.29 is 0 Å². The molecule has 0 bridgehead atoms. The molecule has 0 aromatic carbocycles. The van der Waals surface area contributed by atoms with E-state index in [1.807, 2.05) is 0 Å². The minimum Gasteiger partial charge on any atom is -0.0697 e. The van der Waals surface area contributed by atoms with Crippen molar-refractivity contribution in [3.63, 3.8) is 0 Å². The Kier molecular flexibility index (Phi) is 3.35. The van der Waals surface area contributed by atoms with Crippen LogP contribution in [0.25, 0.3) is 0 Å². The molecule has 2 aliphatic rings. The molecule has 0 nitrogen and oxygen atoms in total. The van der Waals surface area contributed by atoms with E-state index in [0.717, 1.165) is 17.7 Å². The summed E-state index contributed by atoms with van der Waals surface area (Å²) in [5.41, 5.74) is 0. The van der Waals surface area contributed by atoms with Gasteiger partial charge in [0.2, 0.25) is 0 Å². The topological polar surface area (TPSA) is 0 Å². The van der Waals surface area contributed by atoms with Crippen LogP contribution in [-0.2, 0) is 0 Å². The summed E-state index contributed by atoms with van der Waals surface area (Å²) in [6.07, 6.45) is 13.8. The quantitative estimate of drug-likeness (QED) is 0.541. The molecule has 2 aliphatic carbocycles. The fourth-order valence-corrected chi connectivity index (χ4v) is 3.36. The van der Waals surface area contributed by atoms with Crippen LogP contribution < -0.4 is 0 Å². The SMILES string of the molecule is BC1CCC(C2CCCCC2)CC1. The van der Waals surface area contributed by atoms with Gasteiger partial charge in [0.25, 0.3) is 0 Å². The van der Waals surface area contributed by atoms with Crippen molar-refractivity contribution >= 4 is 7.85 Å². The highest BCUT2D eigenvalue weighted by Crippen LogP contribution is 2.40. The van der Waals surface area contributed by atoms with Crippen LogP contribution in [0.1, 0.15) is 57.8 Å². The van der Waals surface area contributed by atoms with Gasteiger partial charge in [-0.1, -0.05) is 63.6 Å². The predicted molar refractivity (Wildman–Crippen MR) is 60.8 cm³/mol. The summed E-state index contributed by atoms with van der Waals surface area (Å²) in [5, 5.41) is 0. The summed E-state index contributed by atoms with van der Waals surface area (Å²) >= 11 is 0. The number of hydrogen-bond acceptors (Lipinski definition) is 0. The molecular weight excluding hydrogens is 155 g/mol. The lowest BCUT2D eigenvalue weighted by Crippen LogP contribution is -2.22. The average molecular weight is 178 g/mol. The maximum Gasteiger partial charge on any atom is 0.105 e. The fourth-order valence-electron chi connectivity index (χ4n) is 3.36. The van der Waals surface area contributed by atoms with Crippen LogP contribution in [0.5, 0.6) is 0 Å². The third kappa shape index (κ3) is 2.51. The smallest absolute Gasteiger partial charge is 0.0697 e. The first kappa shape index (κ1) is 9.61. The van der Waals surface area contributed by atoms with Gasteiger partial charge in [-0.2, -0.15) is 0 Å². The number of hydrogen-bond donors (Lipinski definition) is 0. The third-order valence-electron chi connectivity index (χ3n) is 4.38. The van der Waals surface area contributed by atoms with E-state index < -0.39 is 0 Å². The zero-order valence-electron chi connectivity index (χ0n) is 9.10. The van der Waals surface area contributed by atoms with Crippen LogP contribution in [0.2, 0.25) is 5.82 Å². The van der Waals surface area contributed by atoms with Gasteiger partial charge in [-0.3, -0.25) is 0 Å². The second kappa shape index (κ2) is 4.53. The Morgan fingerprint density at radius 2 is 1.15 bits per heavy atom. The Labute approximate surface area is 83.9 Å². The molecule has 0 amide bonds. The van der Waals surface area contributed by atoms with E-state index in [1.165, 1.54) is 32.1 Å². The molecule has 2 fully saturated rings. The van der Waals surface area contributed by atoms with Gasteiger partial charge >= 0.3 is 0 Å². The van der Waals surface area contributed by atoms with E-state index in [2.05, 4.69) is 7.85 Å². The molecule has 0 aliphatic heterocycles. The first-order valence-corrected chi connectivity index (χ1v) is 6.36. The standard InChI is InChI=1S/C12H23B/c13-12-8-6-11(7-9-12)10-4-2-1-3-5-10/h10-12H,1-9,13H2. The Morgan fingerprint density at radius 3 is 1.77 bits per heavy atom. The Bertz CT molecular complexity index is 141. The van der Waals surface area contributed by atoms with E-state index in [4.69, 9.17) is 0 Å². The fraction of sp³-hybridized carbons (Fsp3) is 1.00. The molecule has 1 heteroatoms. The van der Waals surface area contributed by atoms with Crippen LogP contribution in [0.3, 0.4) is 0 Å². The minimum absolute atomic E-state index is 1.03. The molecule has 0 heterocycles. The zero-order valence-corrected chi connectivity index (χ0v) is 9.10. The van der Waals surface area contributed by atoms with Gasteiger partial charge in [0.05, 0.1) is 0 Å². The van der Waals surface area contributed by atoms with E-state index >= 15 is 0 Å². The van der Waals surface area contributed by atoms with Gasteiger partial charge in [0.15, 0.2) is 0 Å². The molecule has 0 saturated heterocycles. The van der Waals surface area contributed by atoms with Crippen molar-refractivity contribution in [2.24, 2.45) is 11.8 Å². The molecule has 0 N–H and O–H groups in total. The lowest BCUT2D eigenvalue weighted by Gasteiger charge is -2.34. The maximum absolute atomic E-state index is 2.43. The van der Waals surface area contributed by atoms with Gasteiger partial charge < -0.3 is 0 Å². The molecule has 2 rings (SSSR count). The average Bonchev–Trinajstić information content (AvgIpc) is 2.20. The van der Waals surface area contributed by atoms with Gasteiger partial charge in [0, 0.05) is 0 Å². The second-order valence-electron chi connectivity index (χ2n) is 5.42. The summed E-state index contributed by atoms with van der Waals surface area (Å²) in [4.78, 5) is 0. The highest BCUT2D eigenvalue weighted by Gasteiger charge is 2.26. The van der Waals surface area contributed by atoms with E-state index in [0.29, 0.717) is 0 Å². The summed E-state index contributed by atoms with van der Waals surface area (Å²) in [6.45, 7) is 0. The summed E-state index contributed by atoms with van der Waals surface area (Å²) < 4.78 is 0. The molecule has 0 aromatic heterocycles. The van der Waals surface area contributed by atoms with Gasteiger partial charge in [-0.15, -0.1) is 0 Å². The normalized spacial score (nSPS) is 37.5. The Morgan fingerprint density at radius 1 is 0.615 bits per heavy atom. The van der Waals surface area contributed by atoms with E-state index in [-0.39, 0.29) is 0 Å². The monoisotopic (exact) mass is 178 g/mol. The first-order valence-electron chi connectivity index (χ1n) is 6.36. The Hall–Kier alpha value is 0.0649. The minimum atomic E-state index is 1.03. The predicted octanol–water partition coefficient (Wildman–Crippen LogP) is 3.18. The van der Waals surface area contributed by atoms with Crippen molar-refractivity contribution in [2.45, 2.75) is 63.6 Å². The van der Waals surface area contributed by atoms with Crippen LogP contribution >= 0.6 is 0 Å². The van der Waals surface area contributed by atoms with E-state index in [1.54, 1.807) is 25.7 Å². The van der Waals surface area contributed by atoms with E-state index in [9.17, 15) is 0 Å². The van der Waals surface area contributed by atoms with Crippen LogP contribution in [0.15, 0.2) is 0 Å². The highest BCUT2D eigenvalue weighted by molar-refractivity contribution is 6.11. The first-order chi connectivity index (χ1) is 6.36. The summed E-state index contributed by atoms with van der Waals surface area (Å²) in [5.74, 6) is 3.28. The summed E-state index contributed by atoms with van der Waals surface area (Å²) in [6, 6.07) is 0. The van der Waals surface area contributed by atoms with Crippen LogP contribution in [-0.4, -0.2) is 7.85 Å².